The summed E-state index contributed by atoms with van der Waals surface area (Å²) in [5, 5.41) is 4.06. The number of anilines is 1. The van der Waals surface area contributed by atoms with Crippen molar-refractivity contribution >= 4 is 27.3 Å². The van der Waals surface area contributed by atoms with E-state index in [4.69, 9.17) is 21.1 Å². The van der Waals surface area contributed by atoms with E-state index < -0.39 is 10.0 Å². The van der Waals surface area contributed by atoms with Crippen molar-refractivity contribution in [3.8, 4) is 17.2 Å². The minimum atomic E-state index is -3.75. The van der Waals surface area contributed by atoms with E-state index in [9.17, 15) is 8.42 Å². The molecule has 0 saturated carbocycles. The molecule has 9 heteroatoms. The molecule has 5 rings (SSSR count). The second kappa shape index (κ2) is 7.72. The summed E-state index contributed by atoms with van der Waals surface area (Å²) in [6, 6.07) is 14.7. The second-order valence-electron chi connectivity index (χ2n) is 8.05. The summed E-state index contributed by atoms with van der Waals surface area (Å²) in [7, 11) is -0.643. The summed E-state index contributed by atoms with van der Waals surface area (Å²) in [5.74, 6) is 1.07. The predicted octanol–water partition coefficient (Wildman–Crippen LogP) is 4.25. The van der Waals surface area contributed by atoms with E-state index in [0.717, 1.165) is 22.8 Å². The molecule has 1 saturated heterocycles. The molecule has 0 bridgehead atoms. The molecule has 7 nitrogen and oxygen atoms in total. The van der Waals surface area contributed by atoms with Gasteiger partial charge < -0.3 is 19.4 Å². The quantitative estimate of drug-likeness (QED) is 0.613. The summed E-state index contributed by atoms with van der Waals surface area (Å²) in [6.07, 6.45) is 3.29. The van der Waals surface area contributed by atoms with Gasteiger partial charge in [-0.15, -0.1) is 0 Å². The molecule has 0 unspecified atom stereocenters. The fourth-order valence-electron chi connectivity index (χ4n) is 4.74. The first-order valence-corrected chi connectivity index (χ1v) is 12.2. The van der Waals surface area contributed by atoms with Gasteiger partial charge in [0.15, 0.2) is 0 Å². The average Bonchev–Trinajstić information content (AvgIpc) is 3.30. The van der Waals surface area contributed by atoms with E-state index in [-0.39, 0.29) is 10.4 Å². The lowest BCUT2D eigenvalue weighted by Gasteiger charge is -2.46. The predicted molar refractivity (Wildman–Crippen MR) is 124 cm³/mol. The van der Waals surface area contributed by atoms with Gasteiger partial charge in [0.2, 0.25) is 10.0 Å². The first-order chi connectivity index (χ1) is 15.4. The lowest BCUT2D eigenvalue weighted by molar-refractivity contribution is 0.247. The summed E-state index contributed by atoms with van der Waals surface area (Å²) in [4.78, 5) is 0.0958. The molecular formula is C23H24ClN3O4S. The smallest absolute Gasteiger partial charge is 0.246 e. The molecule has 3 heterocycles. The number of rotatable bonds is 4. The van der Waals surface area contributed by atoms with Gasteiger partial charge in [-0.25, -0.2) is 8.42 Å². The largest absolute Gasteiger partial charge is 0.497 e. The van der Waals surface area contributed by atoms with Gasteiger partial charge in [0.1, 0.15) is 16.4 Å². The second-order valence-corrected chi connectivity index (χ2v) is 10.4. The molecule has 168 valence electrons. The minimum Gasteiger partial charge on any atom is -0.497 e. The summed E-state index contributed by atoms with van der Waals surface area (Å²) in [5.41, 5.74) is 2.79. The third-order valence-corrected chi connectivity index (χ3v) is 8.55. The van der Waals surface area contributed by atoms with Crippen LogP contribution in [0.15, 0.2) is 59.6 Å². The monoisotopic (exact) mass is 473 g/mol. The van der Waals surface area contributed by atoms with Gasteiger partial charge in [-0.05, 0) is 55.3 Å². The van der Waals surface area contributed by atoms with E-state index in [1.807, 2.05) is 30.5 Å². The standard InChI is InChI=1S/C23H24ClN3O4S/c1-30-17-6-7-19-18(15-17)25-23(22-4-3-11-27(19)22)9-12-26(13-10-23)32(28,29)21-14-16(24)5-8-20(21)31-2/h3-8,11,14-15,25H,9-10,12-13H2,1-2H3. The number of nitrogens with one attached hydrogen (secondary N) is 1. The zero-order chi connectivity index (χ0) is 22.5. The highest BCUT2D eigenvalue weighted by Gasteiger charge is 2.44. The summed E-state index contributed by atoms with van der Waals surface area (Å²) >= 11 is 6.09. The van der Waals surface area contributed by atoms with Gasteiger partial charge in [-0.1, -0.05) is 11.6 Å². The Bertz CT molecular complexity index is 1280. The number of hydrogen-bond acceptors (Lipinski definition) is 5. The van der Waals surface area contributed by atoms with Crippen molar-refractivity contribution in [1.29, 1.82) is 0 Å². The van der Waals surface area contributed by atoms with E-state index in [1.165, 1.54) is 17.5 Å². The van der Waals surface area contributed by atoms with Crippen LogP contribution >= 0.6 is 11.6 Å². The van der Waals surface area contributed by atoms with Gasteiger partial charge in [0, 0.05) is 36.1 Å². The maximum Gasteiger partial charge on any atom is 0.246 e. The molecule has 0 amide bonds. The highest BCUT2D eigenvalue weighted by Crippen LogP contribution is 2.45. The molecule has 2 aliphatic heterocycles. The maximum absolute atomic E-state index is 13.4. The molecule has 1 spiro atoms. The van der Waals surface area contributed by atoms with Crippen molar-refractivity contribution in [2.75, 3.05) is 32.6 Å². The SMILES string of the molecule is COc1ccc2c(c1)NC1(CCN(S(=O)(=O)c3cc(Cl)ccc3OC)CC1)c1cccn1-2. The van der Waals surface area contributed by atoms with E-state index >= 15 is 0 Å². The molecule has 32 heavy (non-hydrogen) atoms. The fourth-order valence-corrected chi connectivity index (χ4v) is 6.60. The normalized spacial score (nSPS) is 17.3. The molecule has 2 aromatic carbocycles. The van der Waals surface area contributed by atoms with Crippen LogP contribution in [0.1, 0.15) is 18.5 Å². The van der Waals surface area contributed by atoms with Crippen molar-refractivity contribution in [3.63, 3.8) is 0 Å². The highest BCUT2D eigenvalue weighted by molar-refractivity contribution is 7.89. The van der Waals surface area contributed by atoms with Crippen molar-refractivity contribution in [1.82, 2.24) is 8.87 Å². The summed E-state index contributed by atoms with van der Waals surface area (Å²) in [6.45, 7) is 0.741. The van der Waals surface area contributed by atoms with Crippen molar-refractivity contribution < 1.29 is 17.9 Å². The maximum atomic E-state index is 13.4. The number of fused-ring (bicyclic) bond motifs is 4. The first-order valence-electron chi connectivity index (χ1n) is 10.4. The topological polar surface area (TPSA) is 72.8 Å². The van der Waals surface area contributed by atoms with Crippen LogP contribution in [0.2, 0.25) is 5.02 Å². The number of piperidine rings is 1. The number of methoxy groups -OCH3 is 2. The van der Waals surface area contributed by atoms with Crippen molar-refractivity contribution in [2.24, 2.45) is 0 Å². The lowest BCUT2D eigenvalue weighted by Crippen LogP contribution is -2.51. The Morgan fingerprint density at radius 2 is 1.81 bits per heavy atom. The molecule has 1 N–H and O–H groups in total. The Hall–Kier alpha value is -2.68. The van der Waals surface area contributed by atoms with Crippen molar-refractivity contribution in [2.45, 2.75) is 23.3 Å². The zero-order valence-electron chi connectivity index (χ0n) is 17.8. The van der Waals surface area contributed by atoms with Crippen LogP contribution in [0.5, 0.6) is 11.5 Å². The van der Waals surface area contributed by atoms with Gasteiger partial charge >= 0.3 is 0 Å². The highest BCUT2D eigenvalue weighted by atomic mass is 35.5. The van der Waals surface area contributed by atoms with Gasteiger partial charge in [-0.3, -0.25) is 0 Å². The van der Waals surface area contributed by atoms with Crippen LogP contribution in [0.25, 0.3) is 5.69 Å². The van der Waals surface area contributed by atoms with Gasteiger partial charge in [0.05, 0.1) is 31.1 Å². The average molecular weight is 474 g/mol. The van der Waals surface area contributed by atoms with Crippen molar-refractivity contribution in [3.05, 3.63) is 65.4 Å². The summed E-state index contributed by atoms with van der Waals surface area (Å²) < 4.78 is 41.2. The van der Waals surface area contributed by atoms with Crippen LogP contribution < -0.4 is 14.8 Å². The number of nitrogens with zero attached hydrogens (tertiary/aromatic N) is 2. The molecule has 1 fully saturated rings. The number of halogens is 1. The Morgan fingerprint density at radius 1 is 1.03 bits per heavy atom. The van der Waals surface area contributed by atoms with Crippen LogP contribution in [-0.4, -0.2) is 44.6 Å². The molecular weight excluding hydrogens is 450 g/mol. The van der Waals surface area contributed by atoms with E-state index in [0.29, 0.717) is 36.7 Å². The molecule has 1 aromatic heterocycles. The number of sulfonamides is 1. The Balaban J connectivity index is 1.46. The van der Waals surface area contributed by atoms with Gasteiger partial charge in [0.25, 0.3) is 0 Å². The fraction of sp³-hybridized carbons (Fsp3) is 0.304. The third kappa shape index (κ3) is 3.25. The third-order valence-electron chi connectivity index (χ3n) is 6.40. The Labute approximate surface area is 192 Å². The van der Waals surface area contributed by atoms with Crippen LogP contribution in [0, 0.1) is 0 Å². The number of hydrogen-bond donors (Lipinski definition) is 1. The molecule has 2 aliphatic rings. The zero-order valence-corrected chi connectivity index (χ0v) is 19.4. The minimum absolute atomic E-state index is 0.0958. The van der Waals surface area contributed by atoms with E-state index in [1.54, 1.807) is 19.2 Å². The number of ether oxygens (including phenoxy) is 2. The first kappa shape index (κ1) is 21.2. The number of aromatic nitrogens is 1. The van der Waals surface area contributed by atoms with Crippen LogP contribution in [-0.2, 0) is 15.6 Å². The van der Waals surface area contributed by atoms with Gasteiger partial charge in [-0.2, -0.15) is 4.31 Å². The lowest BCUT2D eigenvalue weighted by atomic mass is 9.83. The molecule has 0 aliphatic carbocycles. The number of benzene rings is 2. The Morgan fingerprint density at radius 3 is 2.53 bits per heavy atom. The Kier molecular flexibility index (Phi) is 5.11. The molecule has 3 aromatic rings. The van der Waals surface area contributed by atoms with E-state index in [2.05, 4.69) is 16.0 Å². The molecule has 0 radical (unpaired) electrons. The molecule has 0 atom stereocenters. The van der Waals surface area contributed by atoms with Crippen LogP contribution in [0.3, 0.4) is 0 Å². The van der Waals surface area contributed by atoms with Crippen LogP contribution in [0.4, 0.5) is 5.69 Å².